The Morgan fingerprint density at radius 1 is 0.467 bits per heavy atom. The summed E-state index contributed by atoms with van der Waals surface area (Å²) in [6.07, 6.45) is 16.8. The van der Waals surface area contributed by atoms with Crippen LogP contribution >= 0.6 is 0 Å². The van der Waals surface area contributed by atoms with Crippen molar-refractivity contribution >= 4 is 40.5 Å². The Labute approximate surface area is 303 Å². The fraction of sp³-hybridized carbons (Fsp3) is 0.200. The minimum absolute atomic E-state index is 0. The summed E-state index contributed by atoms with van der Waals surface area (Å²) >= 11 is 0. The van der Waals surface area contributed by atoms with Gasteiger partial charge in [0.2, 0.25) is 0 Å². The Hall–Kier alpha value is -2.26. The minimum Gasteiger partial charge on any atom is -1.00 e. The number of benzene rings is 4. The van der Waals surface area contributed by atoms with Crippen molar-refractivity contribution in [2.24, 2.45) is 0 Å². The van der Waals surface area contributed by atoms with E-state index in [0.717, 1.165) is 12.8 Å². The van der Waals surface area contributed by atoms with E-state index in [-0.39, 0.29) is 51.0 Å². The Morgan fingerprint density at radius 3 is 1.18 bits per heavy atom. The van der Waals surface area contributed by atoms with Gasteiger partial charge in [-0.3, -0.25) is 0 Å². The molecule has 226 valence electrons. The molecule has 0 fully saturated rings. The topological polar surface area (TPSA) is 0 Å². The van der Waals surface area contributed by atoms with Gasteiger partial charge in [-0.15, -0.1) is 0 Å². The number of rotatable bonds is 4. The van der Waals surface area contributed by atoms with E-state index in [1.165, 1.54) is 44.5 Å². The molecule has 0 N–H and O–H groups in total. The van der Waals surface area contributed by atoms with Crippen molar-refractivity contribution in [1.82, 2.24) is 0 Å². The molecule has 0 aliphatic heterocycles. The first-order chi connectivity index (χ1) is 20.3. The standard InChI is InChI=1S/2C20H20Si.2ClH.Zr/c2*1-21(2,18-13-16-8-3-4-9-17(16)14-18)20-12-11-15-7-5-6-10-19(15)20;;;/h2*3-13,20H,14H2,1-2H3;2*1H;/q;;;;+2/p-2. The van der Waals surface area contributed by atoms with Crippen LogP contribution in [0.15, 0.2) is 120 Å². The van der Waals surface area contributed by atoms with Crippen LogP contribution in [-0.4, -0.2) is 16.1 Å². The third-order valence-electron chi connectivity index (χ3n) is 10.3. The molecule has 2 atom stereocenters. The Morgan fingerprint density at radius 2 is 0.800 bits per heavy atom. The van der Waals surface area contributed by atoms with Crippen LogP contribution in [0.4, 0.5) is 0 Å². The molecule has 4 aliphatic carbocycles. The summed E-state index contributed by atoms with van der Waals surface area (Å²) in [4.78, 5) is 0. The molecule has 4 aromatic rings. The van der Waals surface area contributed by atoms with Crippen molar-refractivity contribution in [3.05, 3.63) is 164 Å². The monoisotopic (exact) mass is 736 g/mol. The van der Waals surface area contributed by atoms with Crippen LogP contribution in [0.1, 0.15) is 55.6 Å². The predicted molar refractivity (Wildman–Crippen MR) is 188 cm³/mol. The van der Waals surface area contributed by atoms with Gasteiger partial charge in [0, 0.05) is 11.1 Å². The van der Waals surface area contributed by atoms with Gasteiger partial charge in [0.1, 0.15) is 0 Å². The van der Waals surface area contributed by atoms with Gasteiger partial charge >= 0.3 is 26.2 Å². The van der Waals surface area contributed by atoms with Crippen molar-refractivity contribution in [1.29, 1.82) is 0 Å². The normalized spacial score (nSPS) is 18.0. The van der Waals surface area contributed by atoms with Gasteiger partial charge in [-0.25, -0.2) is 0 Å². The van der Waals surface area contributed by atoms with Crippen molar-refractivity contribution in [3.63, 3.8) is 0 Å². The molecule has 0 amide bonds. The molecule has 45 heavy (non-hydrogen) atoms. The summed E-state index contributed by atoms with van der Waals surface area (Å²) in [6.45, 7) is 10.1. The number of hydrogen-bond donors (Lipinski definition) is 0. The number of hydrogen-bond acceptors (Lipinski definition) is 0. The molecular formula is C40H40Cl2Si2Zr. The summed E-state index contributed by atoms with van der Waals surface area (Å²) in [5.41, 5.74) is 13.0. The van der Waals surface area contributed by atoms with E-state index in [0.29, 0.717) is 11.1 Å². The predicted octanol–water partition coefficient (Wildman–Crippen LogP) is 4.45. The maximum absolute atomic E-state index is 2.53. The fourth-order valence-corrected chi connectivity index (χ4v) is 13.9. The van der Waals surface area contributed by atoms with Crippen molar-refractivity contribution in [3.8, 4) is 0 Å². The summed E-state index contributed by atoms with van der Waals surface area (Å²) in [7, 11) is -3.02. The molecule has 0 nitrogen and oxygen atoms in total. The zero-order valence-corrected chi connectivity index (χ0v) is 32.5. The quantitative estimate of drug-likeness (QED) is 0.272. The molecule has 0 bridgehead atoms. The average molecular weight is 739 g/mol. The summed E-state index contributed by atoms with van der Waals surface area (Å²) < 4.78 is 0. The third-order valence-corrected chi connectivity index (χ3v) is 18.4. The molecule has 5 heteroatoms. The molecule has 0 saturated carbocycles. The molecule has 0 saturated heterocycles. The van der Waals surface area contributed by atoms with Crippen LogP contribution < -0.4 is 24.8 Å². The van der Waals surface area contributed by atoms with Gasteiger partial charge in [0.15, 0.2) is 0 Å². The summed E-state index contributed by atoms with van der Waals surface area (Å²) in [5.74, 6) is 0. The van der Waals surface area contributed by atoms with Crippen LogP contribution in [0.5, 0.6) is 0 Å². The summed E-state index contributed by atoms with van der Waals surface area (Å²) in [6, 6.07) is 35.5. The SMILES string of the molecule is C[Si](C)(C1=Cc2ccccc2C1)C1C=Cc2ccccc21.C[Si](C)(C1=Cc2ccccc2C1)C1C=Cc2ccccc21.[Cl-].[Cl-].[Zr+2]. The van der Waals surface area contributed by atoms with Gasteiger partial charge in [0.25, 0.3) is 0 Å². The Kier molecular flexibility index (Phi) is 11.3. The van der Waals surface area contributed by atoms with Crippen LogP contribution in [0, 0.1) is 0 Å². The van der Waals surface area contributed by atoms with Crippen molar-refractivity contribution in [2.45, 2.75) is 50.1 Å². The van der Waals surface area contributed by atoms with Crippen LogP contribution in [0.2, 0.25) is 26.2 Å². The molecule has 4 aromatic carbocycles. The molecule has 0 aromatic heterocycles. The molecule has 0 spiro atoms. The van der Waals surface area contributed by atoms with Gasteiger partial charge in [-0.2, -0.15) is 0 Å². The molecular weight excluding hydrogens is 699 g/mol. The Balaban J connectivity index is 0.000000192. The Bertz CT molecular complexity index is 1680. The van der Waals surface area contributed by atoms with Crippen LogP contribution in [0.3, 0.4) is 0 Å². The fourth-order valence-electron chi connectivity index (χ4n) is 7.54. The number of halogens is 2. The van der Waals surface area contributed by atoms with E-state index in [1.54, 1.807) is 10.4 Å². The van der Waals surface area contributed by atoms with E-state index >= 15 is 0 Å². The van der Waals surface area contributed by atoms with Crippen LogP contribution in [-0.2, 0) is 39.0 Å². The van der Waals surface area contributed by atoms with Crippen molar-refractivity contribution in [2.75, 3.05) is 0 Å². The second-order valence-electron chi connectivity index (χ2n) is 13.5. The molecule has 8 rings (SSSR count). The van der Waals surface area contributed by atoms with Gasteiger partial charge in [-0.1, -0.05) is 170 Å². The number of allylic oxidation sites excluding steroid dienone is 4. The van der Waals surface area contributed by atoms with Crippen LogP contribution in [0.25, 0.3) is 24.3 Å². The smallest absolute Gasteiger partial charge is 1.00 e. The van der Waals surface area contributed by atoms with Gasteiger partial charge in [-0.05, 0) is 57.3 Å². The minimum atomic E-state index is -1.51. The number of fused-ring (bicyclic) bond motifs is 4. The summed E-state index contributed by atoms with van der Waals surface area (Å²) in [5, 5.41) is 3.38. The maximum atomic E-state index is 2.53. The van der Waals surface area contributed by atoms with Gasteiger partial charge in [0.05, 0.1) is 16.1 Å². The van der Waals surface area contributed by atoms with Crippen molar-refractivity contribution < 1.29 is 51.0 Å². The zero-order chi connectivity index (χ0) is 28.9. The van der Waals surface area contributed by atoms with E-state index in [1.807, 2.05) is 0 Å². The second kappa shape index (κ2) is 14.2. The second-order valence-corrected chi connectivity index (χ2v) is 22.9. The first-order valence-electron chi connectivity index (χ1n) is 15.4. The molecule has 4 aliphatic rings. The zero-order valence-electron chi connectivity index (χ0n) is 26.5. The van der Waals surface area contributed by atoms with E-state index in [4.69, 9.17) is 0 Å². The van der Waals surface area contributed by atoms with E-state index in [2.05, 4.69) is 160 Å². The third kappa shape index (κ3) is 6.63. The molecule has 2 unspecified atom stereocenters. The van der Waals surface area contributed by atoms with E-state index < -0.39 is 16.1 Å². The molecule has 0 heterocycles. The maximum Gasteiger partial charge on any atom is 2.00 e. The van der Waals surface area contributed by atoms with E-state index in [9.17, 15) is 0 Å². The first-order valence-corrected chi connectivity index (χ1v) is 21.6. The average Bonchev–Trinajstić information content (AvgIpc) is 3.81. The van der Waals surface area contributed by atoms with Gasteiger partial charge < -0.3 is 24.8 Å². The molecule has 0 radical (unpaired) electrons. The largest absolute Gasteiger partial charge is 2.00 e. The first kappa shape index (κ1) is 35.6.